The number of benzene rings is 1. The summed E-state index contributed by atoms with van der Waals surface area (Å²) in [5.41, 5.74) is 2.53. The summed E-state index contributed by atoms with van der Waals surface area (Å²) in [6.07, 6.45) is 0. The summed E-state index contributed by atoms with van der Waals surface area (Å²) < 4.78 is 18.9. The third-order valence-electron chi connectivity index (χ3n) is 2.77. The van der Waals surface area contributed by atoms with E-state index in [1.165, 1.54) is 12.1 Å². The highest BCUT2D eigenvalue weighted by Gasteiger charge is 2.12. The zero-order valence-electron chi connectivity index (χ0n) is 11.0. The predicted octanol–water partition coefficient (Wildman–Crippen LogP) is 3.81. The van der Waals surface area contributed by atoms with Crippen LogP contribution in [-0.4, -0.2) is 4.98 Å². The molecule has 1 heterocycles. The Morgan fingerprint density at radius 2 is 1.89 bits per heavy atom. The molecule has 0 radical (unpaired) electrons. The smallest absolute Gasteiger partial charge is 0.148 e. The molecule has 19 heavy (non-hydrogen) atoms. The van der Waals surface area contributed by atoms with Crippen molar-refractivity contribution in [1.29, 1.82) is 5.26 Å². The van der Waals surface area contributed by atoms with Gasteiger partial charge in [-0.1, -0.05) is 6.07 Å². The summed E-state index contributed by atoms with van der Waals surface area (Å²) >= 11 is 0. The monoisotopic (exact) mass is 256 g/mol. The number of ether oxygens (including phenoxy) is 1. The number of rotatable bonds is 2. The third kappa shape index (κ3) is 2.71. The first-order chi connectivity index (χ1) is 9.01. The maximum Gasteiger partial charge on any atom is 0.148 e. The van der Waals surface area contributed by atoms with E-state index < -0.39 is 0 Å². The Kier molecular flexibility index (Phi) is 3.48. The fourth-order valence-corrected chi connectivity index (χ4v) is 1.81. The van der Waals surface area contributed by atoms with Crippen LogP contribution < -0.4 is 4.74 Å². The Balaban J connectivity index is 2.49. The average Bonchev–Trinajstić information content (AvgIpc) is 2.33. The molecule has 0 unspecified atom stereocenters. The van der Waals surface area contributed by atoms with Gasteiger partial charge >= 0.3 is 0 Å². The standard InChI is InChI=1S/C15H13FN2O/c1-9-4-5-12(16)7-14(9)19-15-6-10(2)18-11(3)13(15)8-17/h4-7H,1-3H3. The molecular weight excluding hydrogens is 243 g/mol. The minimum Gasteiger partial charge on any atom is -0.455 e. The molecule has 0 amide bonds. The van der Waals surface area contributed by atoms with Gasteiger partial charge in [0.25, 0.3) is 0 Å². The number of aromatic nitrogens is 1. The van der Waals surface area contributed by atoms with Gasteiger partial charge in [-0.25, -0.2) is 4.39 Å². The van der Waals surface area contributed by atoms with Crippen molar-refractivity contribution in [3.63, 3.8) is 0 Å². The van der Waals surface area contributed by atoms with E-state index in [-0.39, 0.29) is 5.82 Å². The Morgan fingerprint density at radius 3 is 2.58 bits per heavy atom. The van der Waals surface area contributed by atoms with E-state index in [0.717, 1.165) is 11.3 Å². The van der Waals surface area contributed by atoms with Gasteiger partial charge in [-0.3, -0.25) is 4.98 Å². The van der Waals surface area contributed by atoms with Crippen LogP contribution >= 0.6 is 0 Å². The van der Waals surface area contributed by atoms with E-state index in [9.17, 15) is 4.39 Å². The lowest BCUT2D eigenvalue weighted by atomic mass is 10.1. The second-order valence-corrected chi connectivity index (χ2v) is 4.35. The van der Waals surface area contributed by atoms with Crippen LogP contribution in [0.2, 0.25) is 0 Å². The third-order valence-corrected chi connectivity index (χ3v) is 2.77. The van der Waals surface area contributed by atoms with Gasteiger partial charge in [0.05, 0.1) is 5.69 Å². The van der Waals surface area contributed by atoms with Crippen molar-refractivity contribution >= 4 is 0 Å². The molecule has 0 aliphatic carbocycles. The van der Waals surface area contributed by atoms with Crippen molar-refractivity contribution in [1.82, 2.24) is 4.98 Å². The minimum absolute atomic E-state index is 0.370. The lowest BCUT2D eigenvalue weighted by Gasteiger charge is -2.11. The van der Waals surface area contributed by atoms with E-state index in [2.05, 4.69) is 11.1 Å². The van der Waals surface area contributed by atoms with Crippen molar-refractivity contribution in [3.05, 3.63) is 52.6 Å². The average molecular weight is 256 g/mol. The van der Waals surface area contributed by atoms with Gasteiger partial charge in [0.1, 0.15) is 28.9 Å². The Labute approximate surface area is 111 Å². The number of pyridine rings is 1. The molecule has 3 nitrogen and oxygen atoms in total. The molecule has 0 spiro atoms. The van der Waals surface area contributed by atoms with Crippen LogP contribution in [0.1, 0.15) is 22.5 Å². The zero-order valence-corrected chi connectivity index (χ0v) is 11.0. The fraction of sp³-hybridized carbons (Fsp3) is 0.200. The molecule has 96 valence electrons. The quantitative estimate of drug-likeness (QED) is 0.820. The summed E-state index contributed by atoms with van der Waals surface area (Å²) in [5, 5.41) is 9.15. The summed E-state index contributed by atoms with van der Waals surface area (Å²) in [6, 6.07) is 8.06. The predicted molar refractivity (Wildman–Crippen MR) is 69.6 cm³/mol. The van der Waals surface area contributed by atoms with Gasteiger partial charge < -0.3 is 4.74 Å². The number of hydrogen-bond acceptors (Lipinski definition) is 3. The molecule has 0 N–H and O–H groups in total. The second-order valence-electron chi connectivity index (χ2n) is 4.35. The molecule has 2 aromatic rings. The van der Waals surface area contributed by atoms with E-state index in [1.54, 1.807) is 19.1 Å². The van der Waals surface area contributed by atoms with Crippen LogP contribution in [0.15, 0.2) is 24.3 Å². The van der Waals surface area contributed by atoms with Gasteiger partial charge in [-0.2, -0.15) is 5.26 Å². The van der Waals surface area contributed by atoms with Gasteiger partial charge in [0, 0.05) is 17.8 Å². The molecule has 0 saturated heterocycles. The van der Waals surface area contributed by atoms with Crippen molar-refractivity contribution in [2.24, 2.45) is 0 Å². The summed E-state index contributed by atoms with van der Waals surface area (Å²) in [6.45, 7) is 5.39. The normalized spacial score (nSPS) is 10.1. The second kappa shape index (κ2) is 5.07. The minimum atomic E-state index is -0.374. The summed E-state index contributed by atoms with van der Waals surface area (Å²) in [7, 11) is 0. The van der Waals surface area contributed by atoms with Crippen LogP contribution in [0.4, 0.5) is 4.39 Å². The topological polar surface area (TPSA) is 45.9 Å². The van der Waals surface area contributed by atoms with Crippen LogP contribution in [0.5, 0.6) is 11.5 Å². The van der Waals surface area contributed by atoms with E-state index in [1.807, 2.05) is 13.8 Å². The Bertz CT molecular complexity index is 675. The molecule has 2 rings (SSSR count). The first-order valence-corrected chi connectivity index (χ1v) is 5.83. The van der Waals surface area contributed by atoms with Crippen LogP contribution in [0.25, 0.3) is 0 Å². The molecular formula is C15H13FN2O. The summed E-state index contributed by atoms with van der Waals surface area (Å²) in [5.74, 6) is 0.435. The molecule has 4 heteroatoms. The molecule has 0 bridgehead atoms. The van der Waals surface area contributed by atoms with E-state index >= 15 is 0 Å². The molecule has 0 fully saturated rings. The number of nitrogens with zero attached hydrogens (tertiary/aromatic N) is 2. The SMILES string of the molecule is Cc1cc(Oc2cc(F)ccc2C)c(C#N)c(C)n1. The van der Waals surface area contributed by atoms with Gasteiger partial charge in [-0.05, 0) is 32.4 Å². The van der Waals surface area contributed by atoms with Gasteiger partial charge in [0.15, 0.2) is 0 Å². The molecule has 1 aromatic carbocycles. The lowest BCUT2D eigenvalue weighted by molar-refractivity contribution is 0.469. The number of aryl methyl sites for hydroxylation is 3. The molecule has 0 aliphatic heterocycles. The van der Waals surface area contributed by atoms with Gasteiger partial charge in [0.2, 0.25) is 0 Å². The van der Waals surface area contributed by atoms with Crippen LogP contribution in [0.3, 0.4) is 0 Å². The fourth-order valence-electron chi connectivity index (χ4n) is 1.81. The molecule has 0 aliphatic rings. The van der Waals surface area contributed by atoms with Crippen molar-refractivity contribution < 1.29 is 9.13 Å². The lowest BCUT2D eigenvalue weighted by Crippen LogP contribution is -1.97. The van der Waals surface area contributed by atoms with Crippen molar-refractivity contribution in [2.45, 2.75) is 20.8 Å². The maximum absolute atomic E-state index is 13.2. The Hall–Kier alpha value is -2.41. The number of halogens is 1. The number of nitriles is 1. The molecule has 0 atom stereocenters. The Morgan fingerprint density at radius 1 is 1.16 bits per heavy atom. The first-order valence-electron chi connectivity index (χ1n) is 5.83. The molecule has 1 aromatic heterocycles. The van der Waals surface area contributed by atoms with Gasteiger partial charge in [-0.15, -0.1) is 0 Å². The highest BCUT2D eigenvalue weighted by Crippen LogP contribution is 2.29. The maximum atomic E-state index is 13.2. The zero-order chi connectivity index (χ0) is 14.0. The van der Waals surface area contributed by atoms with E-state index in [4.69, 9.17) is 10.00 Å². The number of hydrogen-bond donors (Lipinski definition) is 0. The summed E-state index contributed by atoms with van der Waals surface area (Å²) in [4.78, 5) is 4.21. The highest BCUT2D eigenvalue weighted by molar-refractivity contribution is 5.49. The van der Waals surface area contributed by atoms with Crippen LogP contribution in [0, 0.1) is 37.9 Å². The van der Waals surface area contributed by atoms with E-state index in [0.29, 0.717) is 22.8 Å². The van der Waals surface area contributed by atoms with Crippen molar-refractivity contribution in [2.75, 3.05) is 0 Å². The molecule has 0 saturated carbocycles. The largest absolute Gasteiger partial charge is 0.455 e. The van der Waals surface area contributed by atoms with Crippen molar-refractivity contribution in [3.8, 4) is 17.6 Å². The first kappa shape index (κ1) is 13.0. The van der Waals surface area contributed by atoms with Crippen LogP contribution in [-0.2, 0) is 0 Å². The highest BCUT2D eigenvalue weighted by atomic mass is 19.1.